The molecule has 0 spiro atoms. The maximum Gasteiger partial charge on any atom is 0.265 e. The summed E-state index contributed by atoms with van der Waals surface area (Å²) in [5.41, 5.74) is 0. The monoisotopic (exact) mass is 323 g/mol. The molecule has 0 aliphatic rings. The molecule has 1 aromatic rings. The molecule has 0 unspecified atom stereocenters. The van der Waals surface area contributed by atoms with Crippen molar-refractivity contribution in [2.75, 3.05) is 13.2 Å². The Balaban J connectivity index is 2.84. The normalized spacial score (nSPS) is 10.8. The lowest BCUT2D eigenvalue weighted by Crippen LogP contribution is -2.29. The van der Waals surface area contributed by atoms with Gasteiger partial charge < -0.3 is 10.1 Å². The highest BCUT2D eigenvalue weighted by atomic mass is 35.7. The van der Waals surface area contributed by atoms with Gasteiger partial charge in [-0.25, -0.2) is 8.42 Å². The minimum Gasteiger partial charge on any atom is -0.482 e. The van der Waals surface area contributed by atoms with Crippen LogP contribution >= 0.6 is 22.3 Å². The van der Waals surface area contributed by atoms with E-state index in [1.807, 2.05) is 0 Å². The molecule has 1 amide bonds. The average Bonchev–Trinajstić information content (AvgIpc) is 2.33. The second-order valence-electron chi connectivity index (χ2n) is 3.41. The Kier molecular flexibility index (Phi) is 5.65. The smallest absolute Gasteiger partial charge is 0.265 e. The van der Waals surface area contributed by atoms with E-state index in [1.54, 1.807) is 0 Å². The summed E-state index contributed by atoms with van der Waals surface area (Å²) in [6, 6.07) is 3.92. The summed E-state index contributed by atoms with van der Waals surface area (Å²) >= 11 is 5.69. The fraction of sp³-hybridized carbons (Fsp3) is 0.182. The number of ether oxygens (including phenoxy) is 1. The van der Waals surface area contributed by atoms with Gasteiger partial charge in [-0.2, -0.15) is 0 Å². The third kappa shape index (κ3) is 5.10. The highest BCUT2D eigenvalue weighted by Crippen LogP contribution is 2.29. The first-order valence-electron chi connectivity index (χ1n) is 5.09. The Bertz CT molecular complexity index is 586. The molecule has 0 saturated carbocycles. The molecular formula is C11H11Cl2NO4S. The van der Waals surface area contributed by atoms with Gasteiger partial charge >= 0.3 is 0 Å². The van der Waals surface area contributed by atoms with Crippen molar-refractivity contribution in [3.8, 4) is 5.75 Å². The number of carbonyl (C=O) groups excluding carboxylic acids is 1. The van der Waals surface area contributed by atoms with Crippen molar-refractivity contribution in [3.63, 3.8) is 0 Å². The van der Waals surface area contributed by atoms with E-state index in [4.69, 9.17) is 27.0 Å². The minimum absolute atomic E-state index is 0.0341. The Labute approximate surface area is 120 Å². The van der Waals surface area contributed by atoms with Crippen molar-refractivity contribution in [2.24, 2.45) is 0 Å². The second-order valence-corrected chi connectivity index (χ2v) is 6.38. The van der Waals surface area contributed by atoms with Gasteiger partial charge in [0, 0.05) is 22.2 Å². The van der Waals surface area contributed by atoms with Gasteiger partial charge in [-0.05, 0) is 18.2 Å². The Morgan fingerprint density at radius 3 is 2.74 bits per heavy atom. The topological polar surface area (TPSA) is 72.5 Å². The van der Waals surface area contributed by atoms with Gasteiger partial charge in [0.1, 0.15) is 10.6 Å². The van der Waals surface area contributed by atoms with Crippen LogP contribution in [0, 0.1) is 0 Å². The van der Waals surface area contributed by atoms with E-state index >= 15 is 0 Å². The van der Waals surface area contributed by atoms with Gasteiger partial charge in [0.05, 0.1) is 0 Å². The fourth-order valence-electron chi connectivity index (χ4n) is 1.17. The Morgan fingerprint density at radius 1 is 1.47 bits per heavy atom. The quantitative estimate of drug-likeness (QED) is 0.641. The molecule has 0 aliphatic heterocycles. The molecule has 1 rings (SSSR count). The lowest BCUT2D eigenvalue weighted by atomic mass is 10.3. The SMILES string of the molecule is C=CCNC(=O)COc1ccc(Cl)cc1S(=O)(=O)Cl. The first kappa shape index (κ1) is 15.8. The van der Waals surface area contributed by atoms with Gasteiger partial charge in [-0.3, -0.25) is 4.79 Å². The molecule has 1 N–H and O–H groups in total. The van der Waals surface area contributed by atoms with Crippen LogP contribution in [0.1, 0.15) is 0 Å². The van der Waals surface area contributed by atoms with Gasteiger partial charge in [-0.15, -0.1) is 6.58 Å². The second kappa shape index (κ2) is 6.79. The van der Waals surface area contributed by atoms with Gasteiger partial charge in [0.25, 0.3) is 15.0 Å². The van der Waals surface area contributed by atoms with E-state index in [9.17, 15) is 13.2 Å². The number of benzene rings is 1. The molecule has 0 heterocycles. The van der Waals surface area contributed by atoms with Crippen LogP contribution in [0.15, 0.2) is 35.7 Å². The van der Waals surface area contributed by atoms with Crippen molar-refractivity contribution in [1.29, 1.82) is 0 Å². The predicted octanol–water partition coefficient (Wildman–Crippen LogP) is 1.95. The molecule has 0 fully saturated rings. The van der Waals surface area contributed by atoms with Gasteiger partial charge in [0.2, 0.25) is 0 Å². The molecule has 0 saturated heterocycles. The molecule has 0 bridgehead atoms. The summed E-state index contributed by atoms with van der Waals surface area (Å²) in [7, 11) is 1.25. The van der Waals surface area contributed by atoms with Gasteiger partial charge in [0.15, 0.2) is 6.61 Å². The van der Waals surface area contributed by atoms with E-state index in [0.29, 0.717) is 6.54 Å². The molecule has 104 valence electrons. The maximum atomic E-state index is 11.3. The van der Waals surface area contributed by atoms with Crippen LogP contribution in [0.3, 0.4) is 0 Å². The molecule has 0 aromatic heterocycles. The molecule has 0 aliphatic carbocycles. The summed E-state index contributed by atoms with van der Waals surface area (Å²) in [4.78, 5) is 11.0. The first-order chi connectivity index (χ1) is 8.84. The van der Waals surface area contributed by atoms with Crippen molar-refractivity contribution in [1.82, 2.24) is 5.32 Å². The molecule has 8 heteroatoms. The molecule has 19 heavy (non-hydrogen) atoms. The number of nitrogens with one attached hydrogen (secondary N) is 1. The summed E-state index contributed by atoms with van der Waals surface area (Å²) in [6.07, 6.45) is 1.51. The predicted molar refractivity (Wildman–Crippen MR) is 73.2 cm³/mol. The highest BCUT2D eigenvalue weighted by Gasteiger charge is 2.18. The number of hydrogen-bond donors (Lipinski definition) is 1. The zero-order valence-corrected chi connectivity index (χ0v) is 12.1. The highest BCUT2D eigenvalue weighted by molar-refractivity contribution is 8.13. The maximum absolute atomic E-state index is 11.3. The number of amides is 1. The largest absolute Gasteiger partial charge is 0.482 e. The van der Waals surface area contributed by atoms with Crippen LogP contribution in [0.5, 0.6) is 5.75 Å². The summed E-state index contributed by atoms with van der Waals surface area (Å²) < 4.78 is 27.8. The third-order valence-electron chi connectivity index (χ3n) is 1.97. The molecule has 0 radical (unpaired) electrons. The Morgan fingerprint density at radius 2 is 2.16 bits per heavy atom. The summed E-state index contributed by atoms with van der Waals surface area (Å²) in [5.74, 6) is -0.444. The number of rotatable bonds is 6. The lowest BCUT2D eigenvalue weighted by molar-refractivity contribution is -0.122. The summed E-state index contributed by atoms with van der Waals surface area (Å²) in [5, 5.41) is 2.68. The number of halogens is 2. The molecule has 0 atom stereocenters. The fourth-order valence-corrected chi connectivity index (χ4v) is 2.41. The van der Waals surface area contributed by atoms with Crippen LogP contribution in [0.25, 0.3) is 0 Å². The standard InChI is InChI=1S/C11H11Cl2NO4S/c1-2-5-14-11(15)7-18-9-4-3-8(12)6-10(9)19(13,16)17/h2-4,6H,1,5,7H2,(H,14,15). The van der Waals surface area contributed by atoms with E-state index in [1.165, 1.54) is 18.2 Å². The van der Waals surface area contributed by atoms with Crippen molar-refractivity contribution < 1.29 is 17.9 Å². The van der Waals surface area contributed by atoms with Crippen LogP contribution in [0.2, 0.25) is 5.02 Å². The van der Waals surface area contributed by atoms with Crippen LogP contribution in [-0.2, 0) is 13.8 Å². The van der Waals surface area contributed by atoms with E-state index < -0.39 is 15.0 Å². The van der Waals surface area contributed by atoms with Crippen molar-refractivity contribution >= 4 is 37.2 Å². The number of carbonyl (C=O) groups is 1. The molecular weight excluding hydrogens is 313 g/mol. The summed E-state index contributed by atoms with van der Waals surface area (Å²) in [6.45, 7) is 3.40. The zero-order valence-electron chi connectivity index (χ0n) is 9.73. The Hall–Kier alpha value is -1.24. The van der Waals surface area contributed by atoms with Crippen LogP contribution in [-0.4, -0.2) is 27.5 Å². The third-order valence-corrected chi connectivity index (χ3v) is 3.55. The first-order valence-corrected chi connectivity index (χ1v) is 7.78. The van der Waals surface area contributed by atoms with Gasteiger partial charge in [-0.1, -0.05) is 17.7 Å². The van der Waals surface area contributed by atoms with Crippen LogP contribution < -0.4 is 10.1 Å². The minimum atomic E-state index is -4.01. The average molecular weight is 324 g/mol. The van der Waals surface area contributed by atoms with Crippen molar-refractivity contribution in [3.05, 3.63) is 35.9 Å². The van der Waals surface area contributed by atoms with E-state index in [0.717, 1.165) is 6.07 Å². The lowest BCUT2D eigenvalue weighted by Gasteiger charge is -2.09. The zero-order chi connectivity index (χ0) is 14.5. The van der Waals surface area contributed by atoms with E-state index in [-0.39, 0.29) is 22.3 Å². The van der Waals surface area contributed by atoms with Crippen molar-refractivity contribution in [2.45, 2.75) is 4.90 Å². The van der Waals surface area contributed by atoms with Crippen LogP contribution in [0.4, 0.5) is 0 Å². The molecule has 5 nitrogen and oxygen atoms in total. The van der Waals surface area contributed by atoms with E-state index in [2.05, 4.69) is 11.9 Å². The molecule has 1 aromatic carbocycles. The number of hydrogen-bond acceptors (Lipinski definition) is 4.